The number of carbonyl (C=O) groups is 3. The van der Waals surface area contributed by atoms with Crippen molar-refractivity contribution in [1.29, 1.82) is 0 Å². The third-order valence-electron chi connectivity index (χ3n) is 10.7. The molecule has 63 heavy (non-hydrogen) atoms. The van der Waals surface area contributed by atoms with Crippen LogP contribution >= 0.6 is 0 Å². The number of esters is 3. The lowest BCUT2D eigenvalue weighted by atomic mass is 10.1. The second-order valence-electron chi connectivity index (χ2n) is 16.8. The average molecular weight is 875 g/mol. The van der Waals surface area contributed by atoms with Crippen molar-refractivity contribution in [2.45, 2.75) is 232 Å². The molecule has 0 aliphatic carbocycles. The van der Waals surface area contributed by atoms with E-state index < -0.39 is 6.10 Å². The van der Waals surface area contributed by atoms with Gasteiger partial charge in [-0.2, -0.15) is 0 Å². The quantitative estimate of drug-likeness (QED) is 0.0199. The number of carbonyl (C=O) groups excluding carboxylic acids is 3. The van der Waals surface area contributed by atoms with E-state index in [2.05, 4.69) is 81.5 Å². The van der Waals surface area contributed by atoms with Gasteiger partial charge in [-0.15, -0.1) is 0 Å². The van der Waals surface area contributed by atoms with Gasteiger partial charge < -0.3 is 14.2 Å². The first-order chi connectivity index (χ1) is 31.0. The van der Waals surface area contributed by atoms with E-state index >= 15 is 0 Å². The van der Waals surface area contributed by atoms with Gasteiger partial charge in [0.15, 0.2) is 6.10 Å². The van der Waals surface area contributed by atoms with E-state index in [1.165, 1.54) is 77.0 Å². The lowest BCUT2D eigenvalue weighted by molar-refractivity contribution is -0.167. The summed E-state index contributed by atoms with van der Waals surface area (Å²) in [6.07, 6.45) is 66.7. The van der Waals surface area contributed by atoms with E-state index in [9.17, 15) is 14.4 Å². The summed E-state index contributed by atoms with van der Waals surface area (Å²) in [7, 11) is 0. The highest BCUT2D eigenvalue weighted by Crippen LogP contribution is 2.13. The van der Waals surface area contributed by atoms with Crippen LogP contribution in [-0.2, 0) is 28.6 Å². The maximum absolute atomic E-state index is 12.8. The van der Waals surface area contributed by atoms with E-state index in [1.807, 2.05) is 36.5 Å². The van der Waals surface area contributed by atoms with Crippen molar-refractivity contribution in [1.82, 2.24) is 0 Å². The van der Waals surface area contributed by atoms with Gasteiger partial charge in [0.05, 0.1) is 0 Å². The van der Waals surface area contributed by atoms with Crippen LogP contribution in [0.3, 0.4) is 0 Å². The molecule has 0 aromatic carbocycles. The summed E-state index contributed by atoms with van der Waals surface area (Å²) < 4.78 is 16.7. The fourth-order valence-electron chi connectivity index (χ4n) is 6.80. The molecule has 0 N–H and O–H groups in total. The Labute approximate surface area is 387 Å². The molecule has 0 saturated carbocycles. The molecule has 0 aliphatic heterocycles. The average Bonchev–Trinajstić information content (AvgIpc) is 3.28. The van der Waals surface area contributed by atoms with Gasteiger partial charge in [-0.3, -0.25) is 14.4 Å². The number of allylic oxidation sites excluding steroid dienone is 16. The first-order valence-electron chi connectivity index (χ1n) is 25.8. The largest absolute Gasteiger partial charge is 0.462 e. The summed E-state index contributed by atoms with van der Waals surface area (Å²) >= 11 is 0. The summed E-state index contributed by atoms with van der Waals surface area (Å²) in [5, 5.41) is 0. The molecule has 0 aromatic rings. The molecule has 0 fully saturated rings. The van der Waals surface area contributed by atoms with Crippen molar-refractivity contribution in [3.05, 3.63) is 97.2 Å². The lowest BCUT2D eigenvalue weighted by Crippen LogP contribution is -2.30. The highest BCUT2D eigenvalue weighted by atomic mass is 16.6. The summed E-state index contributed by atoms with van der Waals surface area (Å²) in [4.78, 5) is 37.9. The minimum atomic E-state index is -0.810. The van der Waals surface area contributed by atoms with Gasteiger partial charge in [0.25, 0.3) is 0 Å². The predicted octanol–water partition coefficient (Wildman–Crippen LogP) is 17.0. The Morgan fingerprint density at radius 1 is 0.333 bits per heavy atom. The lowest BCUT2D eigenvalue weighted by Gasteiger charge is -2.18. The van der Waals surface area contributed by atoms with Gasteiger partial charge in [-0.05, 0) is 89.9 Å². The zero-order chi connectivity index (χ0) is 45.8. The summed E-state index contributed by atoms with van der Waals surface area (Å²) in [6.45, 7) is 6.40. The molecule has 0 bridgehead atoms. The SMILES string of the molecule is CC/C=C/C=C/C=C/C=C/CCCCCC(=O)OCC(COC(=O)CCCCCCC/C=C/C=C/C=C/CCCCCCC)OC(=O)CCCCC/C=C/CCCCCCCCC. The van der Waals surface area contributed by atoms with E-state index in [-0.39, 0.29) is 31.1 Å². The first-order valence-corrected chi connectivity index (χ1v) is 25.8. The van der Waals surface area contributed by atoms with Gasteiger partial charge in [-0.1, -0.05) is 214 Å². The van der Waals surface area contributed by atoms with Crippen molar-refractivity contribution >= 4 is 17.9 Å². The highest BCUT2D eigenvalue weighted by molar-refractivity contribution is 5.71. The molecule has 0 aromatic heterocycles. The fraction of sp³-hybridized carbons (Fsp3) is 0.667. The zero-order valence-corrected chi connectivity index (χ0v) is 40.8. The van der Waals surface area contributed by atoms with E-state index in [4.69, 9.17) is 14.2 Å². The molecule has 0 saturated heterocycles. The number of hydrogen-bond acceptors (Lipinski definition) is 6. The fourth-order valence-corrected chi connectivity index (χ4v) is 6.80. The van der Waals surface area contributed by atoms with Gasteiger partial charge in [0.2, 0.25) is 0 Å². The molecule has 0 heterocycles. The number of unbranched alkanes of at least 4 members (excludes halogenated alkanes) is 23. The highest BCUT2D eigenvalue weighted by Gasteiger charge is 2.19. The van der Waals surface area contributed by atoms with Crippen LogP contribution < -0.4 is 0 Å². The van der Waals surface area contributed by atoms with Crippen LogP contribution in [0.4, 0.5) is 0 Å². The Bertz CT molecular complexity index is 1280. The second kappa shape index (κ2) is 51.0. The van der Waals surface area contributed by atoms with Crippen molar-refractivity contribution in [2.24, 2.45) is 0 Å². The molecular formula is C57H94O6. The van der Waals surface area contributed by atoms with Crippen LogP contribution in [0.5, 0.6) is 0 Å². The second-order valence-corrected chi connectivity index (χ2v) is 16.8. The van der Waals surface area contributed by atoms with Crippen LogP contribution in [0.15, 0.2) is 97.2 Å². The Hall–Kier alpha value is -3.67. The van der Waals surface area contributed by atoms with Crippen LogP contribution in [0.1, 0.15) is 226 Å². The van der Waals surface area contributed by atoms with Gasteiger partial charge in [0, 0.05) is 19.3 Å². The number of hydrogen-bond donors (Lipinski definition) is 0. The Morgan fingerprint density at radius 3 is 1.03 bits per heavy atom. The van der Waals surface area contributed by atoms with Crippen LogP contribution in [0.2, 0.25) is 0 Å². The standard InChI is InChI=1S/C57H94O6/c1-4-7-10-13-16-19-22-25-27-28-29-30-33-35-38-41-44-47-50-56(59)62-53-54(52-61-55(58)49-46-43-40-37-34-31-24-21-18-15-12-9-6-3)63-57(60)51-48-45-42-39-36-32-26-23-20-17-14-11-8-5-2/h9,12,15,18,21-22,24-25,27-32,34,36,54H,4-8,10-11,13-14,16-17,19-20,23,26,33,35,37-53H2,1-3H3/b12-9+,18-15+,24-21+,25-22+,28-27+,30-29+,34-31+,36-32+. The summed E-state index contributed by atoms with van der Waals surface area (Å²) in [5.74, 6) is -0.986. The maximum Gasteiger partial charge on any atom is 0.306 e. The molecule has 358 valence electrons. The van der Waals surface area contributed by atoms with Crippen molar-refractivity contribution in [3.63, 3.8) is 0 Å². The number of ether oxygens (including phenoxy) is 3. The smallest absolute Gasteiger partial charge is 0.306 e. The molecule has 6 nitrogen and oxygen atoms in total. The molecule has 0 rings (SSSR count). The van der Waals surface area contributed by atoms with Crippen LogP contribution in [-0.4, -0.2) is 37.2 Å². The molecule has 6 heteroatoms. The van der Waals surface area contributed by atoms with Crippen molar-refractivity contribution in [2.75, 3.05) is 13.2 Å². The minimum absolute atomic E-state index is 0.108. The Balaban J connectivity index is 4.50. The molecule has 0 aliphatic rings. The molecule has 0 radical (unpaired) electrons. The van der Waals surface area contributed by atoms with E-state index in [1.54, 1.807) is 0 Å². The molecule has 1 unspecified atom stereocenters. The topological polar surface area (TPSA) is 78.9 Å². The molecule has 0 amide bonds. The zero-order valence-electron chi connectivity index (χ0n) is 40.8. The maximum atomic E-state index is 12.8. The summed E-state index contributed by atoms with van der Waals surface area (Å²) in [6, 6.07) is 0. The third kappa shape index (κ3) is 49.2. The van der Waals surface area contributed by atoms with Gasteiger partial charge >= 0.3 is 17.9 Å². The van der Waals surface area contributed by atoms with Crippen molar-refractivity contribution < 1.29 is 28.6 Å². The molecule has 1 atom stereocenters. The monoisotopic (exact) mass is 875 g/mol. The molecule has 0 spiro atoms. The summed E-state index contributed by atoms with van der Waals surface area (Å²) in [5.41, 5.74) is 0. The predicted molar refractivity (Wildman–Crippen MR) is 270 cm³/mol. The van der Waals surface area contributed by atoms with Crippen molar-refractivity contribution in [3.8, 4) is 0 Å². The van der Waals surface area contributed by atoms with E-state index in [0.717, 1.165) is 109 Å². The minimum Gasteiger partial charge on any atom is -0.462 e. The van der Waals surface area contributed by atoms with Gasteiger partial charge in [0.1, 0.15) is 13.2 Å². The van der Waals surface area contributed by atoms with Crippen LogP contribution in [0.25, 0.3) is 0 Å². The van der Waals surface area contributed by atoms with Crippen LogP contribution in [0, 0.1) is 0 Å². The first kappa shape index (κ1) is 59.3. The number of rotatable bonds is 45. The molecular weight excluding hydrogens is 781 g/mol. The van der Waals surface area contributed by atoms with Gasteiger partial charge in [-0.25, -0.2) is 0 Å². The Kier molecular flexibility index (Phi) is 48.0. The Morgan fingerprint density at radius 2 is 0.635 bits per heavy atom. The van der Waals surface area contributed by atoms with E-state index in [0.29, 0.717) is 19.3 Å². The third-order valence-corrected chi connectivity index (χ3v) is 10.7. The normalized spacial score (nSPS) is 12.9.